The number of fused-ring (bicyclic) bond motifs is 1. The molecule has 0 aliphatic rings. The van der Waals surface area contributed by atoms with Crippen LogP contribution in [0.1, 0.15) is 16.8 Å². The van der Waals surface area contributed by atoms with E-state index in [1.54, 1.807) is 0 Å². The maximum absolute atomic E-state index is 12.2. The Kier molecular flexibility index (Phi) is 4.40. The lowest BCUT2D eigenvalue weighted by atomic mass is 10.1. The van der Waals surface area contributed by atoms with Crippen LogP contribution in [0.2, 0.25) is 0 Å². The third-order valence-electron chi connectivity index (χ3n) is 3.40. The summed E-state index contributed by atoms with van der Waals surface area (Å²) in [7, 11) is 0. The molecule has 1 heterocycles. The predicted octanol–water partition coefficient (Wildman–Crippen LogP) is 0.0807. The molecule has 0 fully saturated rings. The van der Waals surface area contributed by atoms with Crippen molar-refractivity contribution in [3.8, 4) is 0 Å². The molecule has 6 heteroatoms. The fourth-order valence-corrected chi connectivity index (χ4v) is 2.34. The van der Waals surface area contributed by atoms with Crippen molar-refractivity contribution >= 4 is 16.8 Å². The van der Waals surface area contributed by atoms with E-state index in [-0.39, 0.29) is 18.6 Å². The number of aliphatic hydroxyl groups excluding tert-OH is 1. The fourth-order valence-electron chi connectivity index (χ4n) is 2.34. The first-order valence-corrected chi connectivity index (χ1v) is 6.69. The molecular weight excluding hydrogens is 270 g/mol. The lowest BCUT2D eigenvalue weighted by Crippen LogP contribution is -2.43. The minimum Gasteiger partial charge on any atom is -0.394 e. The summed E-state index contributed by atoms with van der Waals surface area (Å²) in [5.41, 5.74) is 8.50. The average Bonchev–Trinajstić information content (AvgIpc) is 2.40. The number of amides is 1. The number of hydrogen-bond donors (Lipinski definition) is 4. The highest BCUT2D eigenvalue weighted by Gasteiger charge is 2.13. The van der Waals surface area contributed by atoms with Crippen molar-refractivity contribution in [1.29, 1.82) is 0 Å². The predicted molar refractivity (Wildman–Crippen MR) is 81.0 cm³/mol. The molecule has 2 rings (SSSR count). The molecule has 0 unspecified atom stereocenters. The first kappa shape index (κ1) is 15.2. The molecule has 112 valence electrons. The summed E-state index contributed by atoms with van der Waals surface area (Å²) in [5, 5.41) is 12.5. The number of benzene rings is 1. The second-order valence-electron chi connectivity index (χ2n) is 5.18. The summed E-state index contributed by atoms with van der Waals surface area (Å²) in [6.45, 7) is 3.74. The van der Waals surface area contributed by atoms with Crippen LogP contribution in [-0.2, 0) is 11.3 Å². The van der Waals surface area contributed by atoms with Crippen LogP contribution in [0.25, 0.3) is 10.9 Å². The Labute approximate surface area is 122 Å². The van der Waals surface area contributed by atoms with Gasteiger partial charge in [0.05, 0.1) is 12.1 Å². The van der Waals surface area contributed by atoms with E-state index in [0.29, 0.717) is 11.1 Å². The van der Waals surface area contributed by atoms with Gasteiger partial charge in [-0.25, -0.2) is 0 Å². The molecule has 2 aromatic rings. The smallest absolute Gasteiger partial charge is 0.236 e. The highest BCUT2D eigenvalue weighted by Crippen LogP contribution is 2.16. The van der Waals surface area contributed by atoms with Gasteiger partial charge in [0, 0.05) is 23.7 Å². The van der Waals surface area contributed by atoms with Gasteiger partial charge in [-0.1, -0.05) is 6.07 Å². The van der Waals surface area contributed by atoms with E-state index in [2.05, 4.69) is 10.3 Å². The summed E-state index contributed by atoms with van der Waals surface area (Å²) >= 11 is 0. The molecule has 1 aromatic heterocycles. The van der Waals surface area contributed by atoms with Gasteiger partial charge in [0.2, 0.25) is 5.91 Å². The number of carbonyl (C=O) groups is 1. The summed E-state index contributed by atoms with van der Waals surface area (Å²) < 4.78 is 0. The minimum atomic E-state index is -0.830. The Balaban J connectivity index is 2.34. The van der Waals surface area contributed by atoms with Gasteiger partial charge in [-0.3, -0.25) is 14.9 Å². The molecule has 0 saturated carbocycles. The monoisotopic (exact) mass is 289 g/mol. The van der Waals surface area contributed by atoms with Crippen molar-refractivity contribution in [2.75, 3.05) is 6.61 Å². The Morgan fingerprint density at radius 2 is 2.10 bits per heavy atom. The molecular formula is C15H19N3O3. The quantitative estimate of drug-likeness (QED) is 0.625. The summed E-state index contributed by atoms with van der Waals surface area (Å²) in [5.74, 6) is -0.632. The van der Waals surface area contributed by atoms with Gasteiger partial charge in [0.25, 0.3) is 0 Å². The number of nitrogens with two attached hydrogens (primary N) is 1. The molecule has 0 aliphatic carbocycles. The summed E-state index contributed by atoms with van der Waals surface area (Å²) in [6.07, 6.45) is 0. The Morgan fingerprint density at radius 1 is 1.38 bits per heavy atom. The van der Waals surface area contributed by atoms with Gasteiger partial charge in [-0.2, -0.15) is 0 Å². The van der Waals surface area contributed by atoms with Crippen molar-refractivity contribution < 1.29 is 9.90 Å². The number of primary amides is 1. The van der Waals surface area contributed by atoms with Crippen LogP contribution >= 0.6 is 0 Å². The summed E-state index contributed by atoms with van der Waals surface area (Å²) in [6, 6.07) is 4.50. The van der Waals surface area contributed by atoms with Crippen LogP contribution in [0, 0.1) is 13.8 Å². The maximum atomic E-state index is 12.2. The van der Waals surface area contributed by atoms with Crippen LogP contribution in [0.4, 0.5) is 0 Å². The topological polar surface area (TPSA) is 108 Å². The average molecular weight is 289 g/mol. The molecule has 0 bridgehead atoms. The molecule has 0 radical (unpaired) electrons. The van der Waals surface area contributed by atoms with Gasteiger partial charge >= 0.3 is 0 Å². The van der Waals surface area contributed by atoms with Gasteiger partial charge in [-0.15, -0.1) is 0 Å². The standard InChI is InChI=1S/C15H19N3O3/c1-8-3-9(2)14-11(4-8)13(20)5-10(18-14)6-17-12(7-19)15(16)21/h3-5,12,17,19H,6-7H2,1-2H3,(H2,16,21)(H,18,20)/t12-/m0/s1. The number of H-pyrrole nitrogens is 1. The number of pyridine rings is 1. The molecule has 1 aromatic carbocycles. The highest BCUT2D eigenvalue weighted by molar-refractivity contribution is 5.82. The number of aromatic amines is 1. The first-order valence-electron chi connectivity index (χ1n) is 6.69. The normalized spacial score (nSPS) is 12.5. The van der Waals surface area contributed by atoms with Crippen molar-refractivity contribution in [2.24, 2.45) is 5.73 Å². The maximum Gasteiger partial charge on any atom is 0.236 e. The van der Waals surface area contributed by atoms with E-state index in [4.69, 9.17) is 10.8 Å². The van der Waals surface area contributed by atoms with Crippen LogP contribution in [0.15, 0.2) is 23.0 Å². The summed E-state index contributed by atoms with van der Waals surface area (Å²) in [4.78, 5) is 26.4. The van der Waals surface area contributed by atoms with Crippen LogP contribution in [0.5, 0.6) is 0 Å². The molecule has 6 nitrogen and oxygen atoms in total. The second-order valence-corrected chi connectivity index (χ2v) is 5.18. The van der Waals surface area contributed by atoms with E-state index >= 15 is 0 Å². The first-order chi connectivity index (χ1) is 9.92. The number of aromatic nitrogens is 1. The van der Waals surface area contributed by atoms with Gasteiger partial charge in [0.15, 0.2) is 5.43 Å². The van der Waals surface area contributed by atoms with Crippen molar-refractivity contribution in [3.63, 3.8) is 0 Å². The number of aliphatic hydroxyl groups is 1. The molecule has 1 atom stereocenters. The molecule has 1 amide bonds. The third-order valence-corrected chi connectivity index (χ3v) is 3.40. The van der Waals surface area contributed by atoms with Gasteiger partial charge in [0.1, 0.15) is 6.04 Å². The number of nitrogens with one attached hydrogen (secondary N) is 2. The van der Waals surface area contributed by atoms with Crippen molar-refractivity contribution in [1.82, 2.24) is 10.3 Å². The zero-order valence-electron chi connectivity index (χ0n) is 12.1. The fraction of sp³-hybridized carbons (Fsp3) is 0.333. The van der Waals surface area contributed by atoms with Gasteiger partial charge < -0.3 is 15.8 Å². The van der Waals surface area contributed by atoms with E-state index in [1.807, 2.05) is 26.0 Å². The van der Waals surface area contributed by atoms with Crippen LogP contribution < -0.4 is 16.5 Å². The molecule has 5 N–H and O–H groups in total. The number of rotatable bonds is 5. The van der Waals surface area contributed by atoms with Crippen LogP contribution in [-0.4, -0.2) is 28.6 Å². The Morgan fingerprint density at radius 3 is 2.71 bits per heavy atom. The largest absolute Gasteiger partial charge is 0.394 e. The lowest BCUT2D eigenvalue weighted by Gasteiger charge is -2.13. The minimum absolute atomic E-state index is 0.0769. The lowest BCUT2D eigenvalue weighted by molar-refractivity contribution is -0.120. The molecule has 0 spiro atoms. The van der Waals surface area contributed by atoms with E-state index in [9.17, 15) is 9.59 Å². The third kappa shape index (κ3) is 3.29. The number of aryl methyl sites for hydroxylation is 2. The number of carbonyl (C=O) groups excluding carboxylic acids is 1. The number of hydrogen-bond acceptors (Lipinski definition) is 4. The van der Waals surface area contributed by atoms with E-state index in [0.717, 1.165) is 16.6 Å². The zero-order valence-corrected chi connectivity index (χ0v) is 12.1. The Hall–Kier alpha value is -2.18. The van der Waals surface area contributed by atoms with E-state index < -0.39 is 11.9 Å². The highest BCUT2D eigenvalue weighted by atomic mass is 16.3. The van der Waals surface area contributed by atoms with Crippen molar-refractivity contribution in [3.05, 3.63) is 45.2 Å². The second kappa shape index (κ2) is 6.07. The SMILES string of the molecule is Cc1cc(C)c2[nH]c(CN[C@@H](CO)C(N)=O)cc(=O)c2c1. The van der Waals surface area contributed by atoms with Crippen molar-refractivity contribution in [2.45, 2.75) is 26.4 Å². The Bertz CT molecular complexity index is 737. The molecule has 21 heavy (non-hydrogen) atoms. The zero-order chi connectivity index (χ0) is 15.6. The van der Waals surface area contributed by atoms with E-state index in [1.165, 1.54) is 6.07 Å². The molecule has 0 saturated heterocycles. The van der Waals surface area contributed by atoms with Gasteiger partial charge in [-0.05, 0) is 31.0 Å². The molecule has 0 aliphatic heterocycles. The van der Waals surface area contributed by atoms with Crippen LogP contribution in [0.3, 0.4) is 0 Å².